The minimum atomic E-state index is -3.02. The summed E-state index contributed by atoms with van der Waals surface area (Å²) in [5.41, 5.74) is 5.70. The molecule has 5 heteroatoms. The molecule has 112 valence electrons. The molecular formula is C14H28N2O2S. The Labute approximate surface area is 117 Å². The molecule has 2 aliphatic rings. The molecule has 0 heterocycles. The lowest BCUT2D eigenvalue weighted by Crippen LogP contribution is -2.59. The lowest BCUT2D eigenvalue weighted by atomic mass is 9.93. The minimum absolute atomic E-state index is 0.281. The predicted octanol–water partition coefficient (Wildman–Crippen LogP) is 1.40. The molecule has 2 unspecified atom stereocenters. The van der Waals surface area contributed by atoms with Crippen LogP contribution in [0.3, 0.4) is 0 Å². The fraction of sp³-hybridized carbons (Fsp3) is 1.00. The first-order valence-electron chi connectivity index (χ1n) is 7.50. The molecule has 0 amide bonds. The number of sulfone groups is 1. The smallest absolute Gasteiger partial charge is 0.152 e. The van der Waals surface area contributed by atoms with E-state index in [4.69, 9.17) is 5.73 Å². The summed E-state index contributed by atoms with van der Waals surface area (Å²) in [6.45, 7) is 1.46. The van der Waals surface area contributed by atoms with E-state index in [0.717, 1.165) is 31.7 Å². The van der Waals surface area contributed by atoms with Crippen LogP contribution in [0.1, 0.15) is 44.9 Å². The standard InChI is InChI=1S/C14H28N2O2S/c1-16(10-12-6-3-4-7-12)14(11-15)9-5-8-13(14)19(2,17)18/h12-13H,3-11,15H2,1-2H3. The first-order chi connectivity index (χ1) is 8.90. The molecule has 2 aliphatic carbocycles. The third-order valence-electron chi connectivity index (χ3n) is 5.31. The van der Waals surface area contributed by atoms with E-state index in [9.17, 15) is 8.42 Å². The maximum absolute atomic E-state index is 12.1. The van der Waals surface area contributed by atoms with Gasteiger partial charge in [-0.2, -0.15) is 0 Å². The molecule has 0 aromatic carbocycles. The Kier molecular flexibility index (Phi) is 4.58. The first kappa shape index (κ1) is 15.3. The molecule has 2 fully saturated rings. The number of hydrogen-bond acceptors (Lipinski definition) is 4. The summed E-state index contributed by atoms with van der Waals surface area (Å²) in [6.07, 6.45) is 9.26. The Morgan fingerprint density at radius 1 is 1.21 bits per heavy atom. The van der Waals surface area contributed by atoms with Crippen molar-refractivity contribution in [3.05, 3.63) is 0 Å². The van der Waals surface area contributed by atoms with Gasteiger partial charge in [0.2, 0.25) is 0 Å². The zero-order valence-corrected chi connectivity index (χ0v) is 13.1. The minimum Gasteiger partial charge on any atom is -0.329 e. The molecule has 2 saturated carbocycles. The van der Waals surface area contributed by atoms with Crippen molar-refractivity contribution >= 4 is 9.84 Å². The van der Waals surface area contributed by atoms with E-state index < -0.39 is 9.84 Å². The topological polar surface area (TPSA) is 63.4 Å². The van der Waals surface area contributed by atoms with Gasteiger partial charge < -0.3 is 5.73 Å². The first-order valence-corrected chi connectivity index (χ1v) is 9.46. The van der Waals surface area contributed by atoms with Crippen molar-refractivity contribution in [2.24, 2.45) is 11.7 Å². The largest absolute Gasteiger partial charge is 0.329 e. The van der Waals surface area contributed by atoms with Crippen LogP contribution in [0.5, 0.6) is 0 Å². The molecule has 0 aromatic rings. The lowest BCUT2D eigenvalue weighted by Gasteiger charge is -2.43. The molecule has 0 saturated heterocycles. The van der Waals surface area contributed by atoms with Crippen LogP contribution < -0.4 is 5.73 Å². The van der Waals surface area contributed by atoms with E-state index in [-0.39, 0.29) is 10.8 Å². The van der Waals surface area contributed by atoms with Crippen molar-refractivity contribution in [1.29, 1.82) is 0 Å². The van der Waals surface area contributed by atoms with Gasteiger partial charge in [-0.3, -0.25) is 4.90 Å². The number of hydrogen-bond donors (Lipinski definition) is 1. The molecule has 2 atom stereocenters. The van der Waals surface area contributed by atoms with Crippen LogP contribution in [0.15, 0.2) is 0 Å². The van der Waals surface area contributed by atoms with Gasteiger partial charge >= 0.3 is 0 Å². The summed E-state index contributed by atoms with van der Waals surface area (Å²) in [5.74, 6) is 0.731. The van der Waals surface area contributed by atoms with Crippen molar-refractivity contribution in [2.45, 2.75) is 55.7 Å². The zero-order valence-electron chi connectivity index (χ0n) is 12.3. The van der Waals surface area contributed by atoms with Gasteiger partial charge in [0.05, 0.1) is 5.25 Å². The van der Waals surface area contributed by atoms with Gasteiger partial charge in [0.15, 0.2) is 9.84 Å². The fourth-order valence-electron chi connectivity index (χ4n) is 4.22. The summed E-state index contributed by atoms with van der Waals surface area (Å²) in [7, 11) is -0.944. The maximum atomic E-state index is 12.1. The molecule has 2 N–H and O–H groups in total. The Balaban J connectivity index is 2.15. The van der Waals surface area contributed by atoms with Gasteiger partial charge in [0.25, 0.3) is 0 Å². The van der Waals surface area contributed by atoms with E-state index in [2.05, 4.69) is 11.9 Å². The van der Waals surface area contributed by atoms with Gasteiger partial charge in [0.1, 0.15) is 0 Å². The second kappa shape index (κ2) is 5.70. The number of nitrogens with two attached hydrogens (primary N) is 1. The highest BCUT2D eigenvalue weighted by Crippen LogP contribution is 2.39. The number of likely N-dealkylation sites (N-methyl/N-ethyl adjacent to an activating group) is 1. The van der Waals surface area contributed by atoms with Crippen molar-refractivity contribution < 1.29 is 8.42 Å². The zero-order chi connectivity index (χ0) is 14.1. The van der Waals surface area contributed by atoms with E-state index >= 15 is 0 Å². The van der Waals surface area contributed by atoms with Crippen LogP contribution in [0, 0.1) is 5.92 Å². The second-order valence-electron chi connectivity index (χ2n) is 6.55. The maximum Gasteiger partial charge on any atom is 0.152 e. The summed E-state index contributed by atoms with van der Waals surface area (Å²) in [4.78, 5) is 2.28. The Morgan fingerprint density at radius 2 is 1.84 bits per heavy atom. The van der Waals surface area contributed by atoms with E-state index in [0.29, 0.717) is 6.54 Å². The van der Waals surface area contributed by atoms with Crippen LogP contribution in [0.4, 0.5) is 0 Å². The highest BCUT2D eigenvalue weighted by molar-refractivity contribution is 7.91. The van der Waals surface area contributed by atoms with Gasteiger partial charge in [-0.25, -0.2) is 8.42 Å². The third-order valence-corrected chi connectivity index (χ3v) is 7.02. The van der Waals surface area contributed by atoms with E-state index in [1.54, 1.807) is 0 Å². The van der Waals surface area contributed by atoms with Gasteiger partial charge in [-0.15, -0.1) is 0 Å². The lowest BCUT2D eigenvalue weighted by molar-refractivity contribution is 0.114. The second-order valence-corrected chi connectivity index (χ2v) is 8.78. The molecule has 19 heavy (non-hydrogen) atoms. The molecule has 0 aromatic heterocycles. The number of rotatable bonds is 5. The highest BCUT2D eigenvalue weighted by atomic mass is 32.2. The van der Waals surface area contributed by atoms with Crippen molar-refractivity contribution in [3.63, 3.8) is 0 Å². The van der Waals surface area contributed by atoms with Crippen molar-refractivity contribution in [1.82, 2.24) is 4.90 Å². The molecule has 0 radical (unpaired) electrons. The normalized spacial score (nSPS) is 33.4. The summed E-state index contributed by atoms with van der Waals surface area (Å²) in [6, 6.07) is 0. The summed E-state index contributed by atoms with van der Waals surface area (Å²) >= 11 is 0. The van der Waals surface area contributed by atoms with E-state index in [1.807, 2.05) is 0 Å². The number of nitrogens with zero attached hydrogens (tertiary/aromatic N) is 1. The fourth-order valence-corrected chi connectivity index (χ4v) is 6.01. The van der Waals surface area contributed by atoms with Crippen LogP contribution in [0.2, 0.25) is 0 Å². The SMILES string of the molecule is CN(CC1CCCC1)C1(CN)CCCC1S(C)(=O)=O. The third kappa shape index (κ3) is 2.98. The van der Waals surface area contributed by atoms with Crippen LogP contribution in [0.25, 0.3) is 0 Å². The summed E-state index contributed by atoms with van der Waals surface area (Å²) in [5, 5.41) is -0.281. The van der Waals surface area contributed by atoms with Crippen LogP contribution in [-0.2, 0) is 9.84 Å². The average molecular weight is 288 g/mol. The molecular weight excluding hydrogens is 260 g/mol. The van der Waals surface area contributed by atoms with Crippen LogP contribution >= 0.6 is 0 Å². The Morgan fingerprint density at radius 3 is 2.37 bits per heavy atom. The van der Waals surface area contributed by atoms with Gasteiger partial charge in [-0.1, -0.05) is 19.3 Å². The van der Waals surface area contributed by atoms with Gasteiger partial charge in [0, 0.05) is 24.9 Å². The molecule has 2 rings (SSSR count). The predicted molar refractivity (Wildman–Crippen MR) is 78.9 cm³/mol. The quantitative estimate of drug-likeness (QED) is 0.830. The van der Waals surface area contributed by atoms with Crippen LogP contribution in [-0.4, -0.2) is 50.5 Å². The Hall–Kier alpha value is -0.130. The molecule has 0 spiro atoms. The van der Waals surface area contributed by atoms with E-state index in [1.165, 1.54) is 31.9 Å². The monoisotopic (exact) mass is 288 g/mol. The Bertz CT molecular complexity index is 404. The van der Waals surface area contributed by atoms with Crippen molar-refractivity contribution in [2.75, 3.05) is 26.4 Å². The molecule has 0 bridgehead atoms. The molecule has 4 nitrogen and oxygen atoms in total. The summed E-state index contributed by atoms with van der Waals surface area (Å²) < 4.78 is 24.1. The van der Waals surface area contributed by atoms with Gasteiger partial charge in [-0.05, 0) is 38.6 Å². The highest BCUT2D eigenvalue weighted by Gasteiger charge is 2.50. The van der Waals surface area contributed by atoms with Crippen molar-refractivity contribution in [3.8, 4) is 0 Å². The average Bonchev–Trinajstić information content (AvgIpc) is 2.96. The molecule has 0 aliphatic heterocycles.